The Hall–Kier alpha value is -1.95. The molecule has 5 nitrogen and oxygen atoms in total. The Balaban J connectivity index is 1.69. The average Bonchev–Trinajstić information content (AvgIpc) is 2.98. The summed E-state index contributed by atoms with van der Waals surface area (Å²) >= 11 is 0. The van der Waals surface area contributed by atoms with Gasteiger partial charge < -0.3 is 16.0 Å². The van der Waals surface area contributed by atoms with E-state index in [1.807, 2.05) is 0 Å². The van der Waals surface area contributed by atoms with Gasteiger partial charge in [-0.05, 0) is 31.5 Å². The quantitative estimate of drug-likeness (QED) is 0.684. The van der Waals surface area contributed by atoms with E-state index in [0.717, 1.165) is 19.4 Å². The highest BCUT2D eigenvalue weighted by Gasteiger charge is 2.21. The molecule has 6 heteroatoms. The Labute approximate surface area is 116 Å². The van der Waals surface area contributed by atoms with Crippen LogP contribution in [0.4, 0.5) is 4.39 Å². The summed E-state index contributed by atoms with van der Waals surface area (Å²) in [4.78, 5) is 23.4. The van der Waals surface area contributed by atoms with Gasteiger partial charge in [0, 0.05) is 13.1 Å². The Bertz CT molecular complexity index is 487. The van der Waals surface area contributed by atoms with Crippen molar-refractivity contribution in [1.82, 2.24) is 16.0 Å². The lowest BCUT2D eigenvalue weighted by Crippen LogP contribution is -2.43. The molecule has 2 amide bonds. The van der Waals surface area contributed by atoms with Crippen LogP contribution in [0.5, 0.6) is 0 Å². The van der Waals surface area contributed by atoms with Gasteiger partial charge in [-0.15, -0.1) is 0 Å². The molecular formula is C14H18FN3O2. The number of hydrogen-bond acceptors (Lipinski definition) is 3. The van der Waals surface area contributed by atoms with E-state index in [9.17, 15) is 14.0 Å². The highest BCUT2D eigenvalue weighted by atomic mass is 19.1. The monoisotopic (exact) mass is 279 g/mol. The minimum atomic E-state index is -0.552. The lowest BCUT2D eigenvalue weighted by atomic mass is 10.2. The lowest BCUT2D eigenvalue weighted by Gasteiger charge is -2.11. The van der Waals surface area contributed by atoms with Crippen LogP contribution in [0.15, 0.2) is 24.3 Å². The number of hydrogen-bond donors (Lipinski definition) is 3. The first kappa shape index (κ1) is 14.5. The molecule has 1 aliphatic rings. The van der Waals surface area contributed by atoms with E-state index in [1.165, 1.54) is 18.2 Å². The van der Waals surface area contributed by atoms with Crippen molar-refractivity contribution >= 4 is 11.8 Å². The molecule has 1 saturated heterocycles. The first-order chi connectivity index (χ1) is 9.68. The van der Waals surface area contributed by atoms with Crippen molar-refractivity contribution in [2.75, 3.05) is 19.6 Å². The number of nitrogens with one attached hydrogen (secondary N) is 3. The third-order valence-corrected chi connectivity index (χ3v) is 3.21. The second-order valence-electron chi connectivity index (χ2n) is 4.68. The zero-order valence-electron chi connectivity index (χ0n) is 11.1. The van der Waals surface area contributed by atoms with Gasteiger partial charge >= 0.3 is 0 Å². The third kappa shape index (κ3) is 3.77. The van der Waals surface area contributed by atoms with Crippen LogP contribution in [-0.4, -0.2) is 37.5 Å². The van der Waals surface area contributed by atoms with Gasteiger partial charge in [-0.25, -0.2) is 4.39 Å². The van der Waals surface area contributed by atoms with Crippen molar-refractivity contribution in [3.8, 4) is 0 Å². The van der Waals surface area contributed by atoms with Crippen molar-refractivity contribution in [2.45, 2.75) is 18.9 Å². The fraction of sp³-hybridized carbons (Fsp3) is 0.429. The van der Waals surface area contributed by atoms with Crippen LogP contribution < -0.4 is 16.0 Å². The number of amides is 2. The maximum atomic E-state index is 13.3. The molecule has 1 atom stereocenters. The van der Waals surface area contributed by atoms with Crippen molar-refractivity contribution in [1.29, 1.82) is 0 Å². The molecule has 1 aromatic rings. The Kier molecular flexibility index (Phi) is 5.06. The van der Waals surface area contributed by atoms with Crippen LogP contribution in [0.1, 0.15) is 23.2 Å². The summed E-state index contributed by atoms with van der Waals surface area (Å²) in [7, 11) is 0. The lowest BCUT2D eigenvalue weighted by molar-refractivity contribution is -0.122. The molecule has 108 valence electrons. The highest BCUT2D eigenvalue weighted by Crippen LogP contribution is 2.05. The summed E-state index contributed by atoms with van der Waals surface area (Å²) in [5.74, 6) is -1.08. The molecule has 1 aliphatic heterocycles. The smallest absolute Gasteiger partial charge is 0.254 e. The molecule has 1 heterocycles. The number of halogens is 1. The van der Waals surface area contributed by atoms with Gasteiger partial charge in [0.15, 0.2) is 0 Å². The zero-order chi connectivity index (χ0) is 14.4. The fourth-order valence-corrected chi connectivity index (χ4v) is 2.13. The molecule has 1 aromatic carbocycles. The second kappa shape index (κ2) is 7.00. The van der Waals surface area contributed by atoms with E-state index in [4.69, 9.17) is 0 Å². The highest BCUT2D eigenvalue weighted by molar-refractivity contribution is 5.94. The molecule has 0 radical (unpaired) electrons. The van der Waals surface area contributed by atoms with Gasteiger partial charge in [0.2, 0.25) is 5.91 Å². The summed E-state index contributed by atoms with van der Waals surface area (Å²) in [5.41, 5.74) is 0.0105. The molecular weight excluding hydrogens is 261 g/mol. The molecule has 0 aliphatic carbocycles. The number of rotatable bonds is 5. The van der Waals surface area contributed by atoms with Crippen molar-refractivity contribution < 1.29 is 14.0 Å². The number of carbonyl (C=O) groups excluding carboxylic acids is 2. The van der Waals surface area contributed by atoms with E-state index in [2.05, 4.69) is 16.0 Å². The molecule has 1 fully saturated rings. The van der Waals surface area contributed by atoms with E-state index >= 15 is 0 Å². The predicted octanol–water partition coefficient (Wildman–Crippen LogP) is 0.424. The number of carbonyl (C=O) groups is 2. The first-order valence-electron chi connectivity index (χ1n) is 6.72. The van der Waals surface area contributed by atoms with Gasteiger partial charge in [0.25, 0.3) is 5.91 Å². The largest absolute Gasteiger partial charge is 0.353 e. The predicted molar refractivity (Wildman–Crippen MR) is 72.8 cm³/mol. The summed E-state index contributed by atoms with van der Waals surface area (Å²) in [5, 5.41) is 8.40. The Morgan fingerprint density at radius 3 is 2.70 bits per heavy atom. The average molecular weight is 279 g/mol. The molecule has 0 aromatic heterocycles. The van der Waals surface area contributed by atoms with Crippen LogP contribution >= 0.6 is 0 Å². The van der Waals surface area contributed by atoms with Crippen LogP contribution in [0.3, 0.4) is 0 Å². The van der Waals surface area contributed by atoms with Crippen molar-refractivity contribution in [3.05, 3.63) is 35.6 Å². The molecule has 0 bridgehead atoms. The third-order valence-electron chi connectivity index (χ3n) is 3.21. The van der Waals surface area contributed by atoms with E-state index in [-0.39, 0.29) is 24.1 Å². The minimum absolute atomic E-state index is 0.0105. The van der Waals surface area contributed by atoms with Crippen molar-refractivity contribution in [2.24, 2.45) is 0 Å². The molecule has 0 saturated carbocycles. The maximum absolute atomic E-state index is 13.3. The summed E-state index contributed by atoms with van der Waals surface area (Å²) in [6.45, 7) is 1.46. The fourth-order valence-electron chi connectivity index (χ4n) is 2.13. The molecule has 20 heavy (non-hydrogen) atoms. The normalized spacial score (nSPS) is 17.8. The van der Waals surface area contributed by atoms with Crippen LogP contribution in [0, 0.1) is 5.82 Å². The SMILES string of the molecule is O=C(NCCNC(=O)C1CCCN1)c1ccccc1F. The second-order valence-corrected chi connectivity index (χ2v) is 4.68. The standard InChI is InChI=1S/C14H18FN3O2/c15-11-5-2-1-4-10(11)13(19)17-8-9-18-14(20)12-6-3-7-16-12/h1-2,4-5,12,16H,3,6-9H2,(H,17,19)(H,18,20). The van der Waals surface area contributed by atoms with Gasteiger partial charge in [-0.3, -0.25) is 9.59 Å². The zero-order valence-corrected chi connectivity index (χ0v) is 11.1. The summed E-state index contributed by atoms with van der Waals surface area (Å²) < 4.78 is 13.3. The van der Waals surface area contributed by atoms with E-state index in [0.29, 0.717) is 6.54 Å². The molecule has 1 unspecified atom stereocenters. The molecule has 2 rings (SSSR count). The van der Waals surface area contributed by atoms with E-state index in [1.54, 1.807) is 6.07 Å². The van der Waals surface area contributed by atoms with Crippen molar-refractivity contribution in [3.63, 3.8) is 0 Å². The molecule has 0 spiro atoms. The maximum Gasteiger partial charge on any atom is 0.254 e. The van der Waals surface area contributed by atoms with Gasteiger partial charge in [0.1, 0.15) is 5.82 Å². The topological polar surface area (TPSA) is 70.2 Å². The first-order valence-corrected chi connectivity index (χ1v) is 6.72. The van der Waals surface area contributed by atoms with Gasteiger partial charge in [-0.2, -0.15) is 0 Å². The van der Waals surface area contributed by atoms with Crippen LogP contribution in [-0.2, 0) is 4.79 Å². The van der Waals surface area contributed by atoms with Crippen LogP contribution in [0.2, 0.25) is 0 Å². The van der Waals surface area contributed by atoms with Gasteiger partial charge in [0.05, 0.1) is 11.6 Å². The summed E-state index contributed by atoms with van der Waals surface area (Å²) in [6.07, 6.45) is 1.84. The minimum Gasteiger partial charge on any atom is -0.353 e. The van der Waals surface area contributed by atoms with E-state index < -0.39 is 11.7 Å². The Morgan fingerprint density at radius 2 is 2.00 bits per heavy atom. The van der Waals surface area contributed by atoms with Gasteiger partial charge in [-0.1, -0.05) is 12.1 Å². The van der Waals surface area contributed by atoms with Crippen LogP contribution in [0.25, 0.3) is 0 Å². The Morgan fingerprint density at radius 1 is 1.25 bits per heavy atom. The number of benzene rings is 1. The molecule has 3 N–H and O–H groups in total. The summed E-state index contributed by atoms with van der Waals surface area (Å²) in [6, 6.07) is 5.66.